The van der Waals surface area contributed by atoms with E-state index >= 15 is 0 Å². The van der Waals surface area contributed by atoms with Crippen LogP contribution in [0.25, 0.3) is 11.6 Å². The second-order valence-electron chi connectivity index (χ2n) is 7.76. The molecule has 0 aliphatic heterocycles. The molecule has 0 atom stereocenters. The maximum atomic E-state index is 11.4. The van der Waals surface area contributed by atoms with Gasteiger partial charge in [-0.05, 0) is 56.1 Å². The van der Waals surface area contributed by atoms with Crippen LogP contribution >= 0.6 is 12.2 Å². The molecule has 2 heterocycles. The molecule has 0 spiro atoms. The highest BCUT2D eigenvalue weighted by Gasteiger charge is 2.18. The summed E-state index contributed by atoms with van der Waals surface area (Å²) in [4.78, 5) is 15.7. The lowest BCUT2D eigenvalue weighted by molar-refractivity contribution is -0.118. The van der Waals surface area contributed by atoms with Crippen LogP contribution < -0.4 is 5.73 Å². The maximum Gasteiger partial charge on any atom is 0.219 e. The van der Waals surface area contributed by atoms with Crippen molar-refractivity contribution in [2.24, 2.45) is 5.73 Å². The maximum absolute atomic E-state index is 11.4. The molecule has 1 amide bonds. The summed E-state index contributed by atoms with van der Waals surface area (Å²) in [6.07, 6.45) is 1.73. The molecule has 0 aliphatic carbocycles. The Morgan fingerprint density at radius 1 is 1.25 bits per heavy atom. The van der Waals surface area contributed by atoms with Crippen LogP contribution in [0, 0.1) is 16.1 Å². The van der Waals surface area contributed by atoms with Crippen molar-refractivity contribution in [2.45, 2.75) is 26.2 Å². The van der Waals surface area contributed by atoms with Gasteiger partial charge in [0.25, 0.3) is 0 Å². The summed E-state index contributed by atoms with van der Waals surface area (Å²) < 4.78 is 9.55. The SMILES string of the molecule is CN(C)CCN(Cc1ccc(C#N)cc1)Cn1nc(-c2ccco2)n(CCC(N)=O)c1=S. The molecule has 168 valence electrons. The quantitative estimate of drug-likeness (QED) is 0.444. The van der Waals surface area contributed by atoms with Gasteiger partial charge in [0, 0.05) is 32.6 Å². The van der Waals surface area contributed by atoms with E-state index < -0.39 is 5.91 Å². The molecule has 32 heavy (non-hydrogen) atoms. The summed E-state index contributed by atoms with van der Waals surface area (Å²) in [5.74, 6) is 0.733. The van der Waals surface area contributed by atoms with E-state index in [1.807, 2.05) is 44.4 Å². The van der Waals surface area contributed by atoms with Gasteiger partial charge in [0.05, 0.1) is 24.6 Å². The Bertz CT molecular complexity index is 1120. The molecular formula is C22H27N7O2S. The number of rotatable bonds is 11. The lowest BCUT2D eigenvalue weighted by atomic mass is 10.1. The number of nitriles is 1. The first kappa shape index (κ1) is 23.4. The van der Waals surface area contributed by atoms with Gasteiger partial charge in [0.2, 0.25) is 5.91 Å². The van der Waals surface area contributed by atoms with E-state index in [1.54, 1.807) is 21.6 Å². The first-order chi connectivity index (χ1) is 15.4. The topological polar surface area (TPSA) is 109 Å². The number of likely N-dealkylation sites (N-methyl/N-ethyl adjacent to an activating group) is 1. The van der Waals surface area contributed by atoms with Gasteiger partial charge in [-0.3, -0.25) is 14.3 Å². The summed E-state index contributed by atoms with van der Waals surface area (Å²) in [6.45, 7) is 3.11. The largest absolute Gasteiger partial charge is 0.461 e. The molecule has 2 aromatic heterocycles. The molecule has 0 saturated heterocycles. The fraction of sp³-hybridized carbons (Fsp3) is 0.364. The van der Waals surface area contributed by atoms with Crippen molar-refractivity contribution < 1.29 is 9.21 Å². The number of amides is 1. The molecule has 0 aliphatic rings. The molecule has 0 unspecified atom stereocenters. The molecule has 0 fully saturated rings. The highest BCUT2D eigenvalue weighted by molar-refractivity contribution is 7.71. The van der Waals surface area contributed by atoms with Gasteiger partial charge in [-0.2, -0.15) is 5.26 Å². The fourth-order valence-corrected chi connectivity index (χ4v) is 3.49. The normalized spacial score (nSPS) is 11.2. The Hall–Kier alpha value is -3.26. The van der Waals surface area contributed by atoms with Crippen molar-refractivity contribution in [3.05, 3.63) is 58.6 Å². The summed E-state index contributed by atoms with van der Waals surface area (Å²) in [6, 6.07) is 13.3. The van der Waals surface area contributed by atoms with Gasteiger partial charge < -0.3 is 15.1 Å². The third kappa shape index (κ3) is 6.13. The molecule has 0 saturated carbocycles. The Kier molecular flexibility index (Phi) is 7.94. The Balaban J connectivity index is 1.88. The van der Waals surface area contributed by atoms with Crippen LogP contribution in [-0.4, -0.2) is 57.2 Å². The van der Waals surface area contributed by atoms with Gasteiger partial charge in [-0.15, -0.1) is 5.10 Å². The summed E-state index contributed by atoms with van der Waals surface area (Å²) in [5.41, 5.74) is 7.07. The zero-order valence-corrected chi connectivity index (χ0v) is 19.1. The van der Waals surface area contributed by atoms with Gasteiger partial charge in [-0.1, -0.05) is 12.1 Å². The van der Waals surface area contributed by atoms with Crippen molar-refractivity contribution in [1.29, 1.82) is 5.26 Å². The fourth-order valence-electron chi connectivity index (χ4n) is 3.22. The second kappa shape index (κ2) is 10.9. The monoisotopic (exact) mass is 453 g/mol. The summed E-state index contributed by atoms with van der Waals surface area (Å²) in [5, 5.41) is 13.7. The lowest BCUT2D eigenvalue weighted by Crippen LogP contribution is -2.33. The van der Waals surface area contributed by atoms with E-state index in [4.69, 9.17) is 32.7 Å². The number of furan rings is 1. The number of nitrogens with two attached hydrogens (primary N) is 1. The van der Waals surface area contributed by atoms with Crippen LogP contribution in [0.4, 0.5) is 0 Å². The molecule has 2 N–H and O–H groups in total. The van der Waals surface area contributed by atoms with Crippen molar-refractivity contribution >= 4 is 18.1 Å². The van der Waals surface area contributed by atoms with Crippen molar-refractivity contribution in [2.75, 3.05) is 27.2 Å². The van der Waals surface area contributed by atoms with E-state index in [0.717, 1.165) is 18.7 Å². The molecule has 3 rings (SSSR count). The van der Waals surface area contributed by atoms with Gasteiger partial charge >= 0.3 is 0 Å². The van der Waals surface area contributed by atoms with Crippen LogP contribution in [0.15, 0.2) is 47.1 Å². The average Bonchev–Trinajstić information content (AvgIpc) is 3.40. The standard InChI is InChI=1S/C22H27N7O2S/c1-26(2)11-12-27(15-18-7-5-17(14-23)6-8-18)16-29-22(32)28(10-9-20(24)30)21(25-29)19-4-3-13-31-19/h3-8,13H,9-12,15-16H2,1-2H3,(H2,24,30). The third-order valence-corrected chi connectivity index (χ3v) is 5.36. The van der Waals surface area contributed by atoms with Crippen molar-refractivity contribution in [3.8, 4) is 17.7 Å². The van der Waals surface area contributed by atoms with E-state index in [2.05, 4.69) is 15.9 Å². The number of carbonyl (C=O) groups excluding carboxylic acids is 1. The predicted octanol–water partition coefficient (Wildman–Crippen LogP) is 2.44. The first-order valence-electron chi connectivity index (χ1n) is 10.2. The lowest BCUT2D eigenvalue weighted by Gasteiger charge is -2.24. The molecule has 3 aromatic rings. The number of hydrogen-bond acceptors (Lipinski definition) is 7. The van der Waals surface area contributed by atoms with Crippen molar-refractivity contribution in [3.63, 3.8) is 0 Å². The Labute approximate surface area is 192 Å². The van der Waals surface area contributed by atoms with E-state index in [1.165, 1.54) is 0 Å². The highest BCUT2D eigenvalue weighted by Crippen LogP contribution is 2.20. The molecular weight excluding hydrogens is 426 g/mol. The Morgan fingerprint density at radius 3 is 2.59 bits per heavy atom. The van der Waals surface area contributed by atoms with E-state index in [0.29, 0.717) is 41.7 Å². The average molecular weight is 454 g/mol. The number of nitrogens with zero attached hydrogens (tertiary/aromatic N) is 6. The highest BCUT2D eigenvalue weighted by atomic mass is 32.1. The third-order valence-electron chi connectivity index (χ3n) is 4.93. The summed E-state index contributed by atoms with van der Waals surface area (Å²) in [7, 11) is 4.05. The summed E-state index contributed by atoms with van der Waals surface area (Å²) >= 11 is 5.69. The predicted molar refractivity (Wildman–Crippen MR) is 123 cm³/mol. The van der Waals surface area contributed by atoms with Crippen LogP contribution in [0.2, 0.25) is 0 Å². The molecule has 10 heteroatoms. The first-order valence-corrected chi connectivity index (χ1v) is 10.6. The number of aromatic nitrogens is 3. The van der Waals surface area contributed by atoms with Crippen LogP contribution in [0.5, 0.6) is 0 Å². The number of carbonyl (C=O) groups is 1. The second-order valence-corrected chi connectivity index (χ2v) is 8.12. The molecule has 9 nitrogen and oxygen atoms in total. The van der Waals surface area contributed by atoms with Gasteiger partial charge in [0.1, 0.15) is 0 Å². The molecule has 0 bridgehead atoms. The zero-order chi connectivity index (χ0) is 23.1. The van der Waals surface area contributed by atoms with Crippen LogP contribution in [-0.2, 0) is 24.6 Å². The minimum atomic E-state index is -0.404. The Morgan fingerprint density at radius 2 is 2.00 bits per heavy atom. The molecule has 0 radical (unpaired) electrons. The number of hydrogen-bond donors (Lipinski definition) is 1. The minimum Gasteiger partial charge on any atom is -0.461 e. The van der Waals surface area contributed by atoms with E-state index in [-0.39, 0.29) is 6.42 Å². The zero-order valence-electron chi connectivity index (χ0n) is 18.3. The van der Waals surface area contributed by atoms with Crippen LogP contribution in [0.1, 0.15) is 17.5 Å². The smallest absolute Gasteiger partial charge is 0.219 e. The van der Waals surface area contributed by atoms with Crippen molar-refractivity contribution in [1.82, 2.24) is 24.1 Å². The van der Waals surface area contributed by atoms with Gasteiger partial charge in [-0.25, -0.2) is 4.68 Å². The molecule has 1 aromatic carbocycles. The van der Waals surface area contributed by atoms with Crippen LogP contribution in [0.3, 0.4) is 0 Å². The van der Waals surface area contributed by atoms with E-state index in [9.17, 15) is 4.79 Å². The van der Waals surface area contributed by atoms with Gasteiger partial charge in [0.15, 0.2) is 16.4 Å². The number of benzene rings is 1. The number of primary amides is 1. The minimum absolute atomic E-state index is 0.156.